The van der Waals surface area contributed by atoms with Crippen molar-refractivity contribution >= 4 is 11.8 Å². The van der Waals surface area contributed by atoms with E-state index in [4.69, 9.17) is 4.74 Å². The number of benzene rings is 1. The number of amides is 2. The summed E-state index contributed by atoms with van der Waals surface area (Å²) >= 11 is 0. The highest BCUT2D eigenvalue weighted by molar-refractivity contribution is 6.05. The molecule has 6 nitrogen and oxygen atoms in total. The van der Waals surface area contributed by atoms with Gasteiger partial charge in [-0.1, -0.05) is 26.0 Å². The van der Waals surface area contributed by atoms with Crippen molar-refractivity contribution in [2.75, 3.05) is 6.54 Å². The summed E-state index contributed by atoms with van der Waals surface area (Å²) in [7, 11) is 0. The number of carbonyl (C=O) groups excluding carboxylic acids is 2. The molecule has 2 aliphatic heterocycles. The summed E-state index contributed by atoms with van der Waals surface area (Å²) < 4.78 is 6.06. The van der Waals surface area contributed by atoms with Gasteiger partial charge in [-0.05, 0) is 37.0 Å². The van der Waals surface area contributed by atoms with Gasteiger partial charge in [0.1, 0.15) is 5.75 Å². The molecule has 0 unspecified atom stereocenters. The molecule has 1 saturated carbocycles. The maximum atomic E-state index is 12.9. The molecule has 0 radical (unpaired) electrons. The van der Waals surface area contributed by atoms with E-state index in [-0.39, 0.29) is 29.4 Å². The lowest BCUT2D eigenvalue weighted by molar-refractivity contribution is -0.265. The summed E-state index contributed by atoms with van der Waals surface area (Å²) in [5.74, 6) is -3.08. The zero-order valence-electron chi connectivity index (χ0n) is 15.1. The fourth-order valence-corrected chi connectivity index (χ4v) is 5.09. The predicted octanol–water partition coefficient (Wildman–Crippen LogP) is 2.21. The number of nitrogens with zero attached hydrogens (tertiary/aromatic N) is 1. The summed E-state index contributed by atoms with van der Waals surface area (Å²) in [4.78, 5) is 27.0. The van der Waals surface area contributed by atoms with Crippen LogP contribution >= 0.6 is 0 Å². The Morgan fingerprint density at radius 3 is 2.73 bits per heavy atom. The van der Waals surface area contributed by atoms with Gasteiger partial charge in [-0.25, -0.2) is 0 Å². The van der Waals surface area contributed by atoms with Crippen molar-refractivity contribution < 1.29 is 24.5 Å². The third-order valence-corrected chi connectivity index (χ3v) is 6.33. The minimum absolute atomic E-state index is 0.100. The summed E-state index contributed by atoms with van der Waals surface area (Å²) in [5.41, 5.74) is 0.777. The topological polar surface area (TPSA) is 87.1 Å². The molecule has 2 N–H and O–H groups in total. The first-order chi connectivity index (χ1) is 12.4. The standard InChI is InChI=1S/C20H25NO5/c1-3-7-21-18(23)14-8-11(2)20(25)15(17(14)19(21)24)10-16(26-20)12-5-4-6-13(22)9-12/h4-6,9,11,14-17,22,25H,3,7-8,10H2,1-2H3/t11-,14-,15-,16-,17-,20+/m0/s1. The van der Waals surface area contributed by atoms with E-state index in [2.05, 4.69) is 0 Å². The molecule has 0 spiro atoms. The van der Waals surface area contributed by atoms with Crippen molar-refractivity contribution in [2.45, 2.75) is 45.0 Å². The Morgan fingerprint density at radius 2 is 2.04 bits per heavy atom. The van der Waals surface area contributed by atoms with E-state index in [1.165, 1.54) is 4.90 Å². The number of phenolic OH excluding ortho intramolecular Hbond substituents is 1. The Balaban J connectivity index is 1.68. The van der Waals surface area contributed by atoms with Crippen LogP contribution in [0.15, 0.2) is 24.3 Å². The quantitative estimate of drug-likeness (QED) is 0.808. The monoisotopic (exact) mass is 359 g/mol. The molecule has 3 fully saturated rings. The van der Waals surface area contributed by atoms with Crippen LogP contribution in [0.4, 0.5) is 0 Å². The van der Waals surface area contributed by atoms with Crippen LogP contribution in [0.3, 0.4) is 0 Å². The number of fused-ring (bicyclic) bond motifs is 3. The molecular weight excluding hydrogens is 334 g/mol. The second-order valence-corrected chi connectivity index (χ2v) is 7.89. The molecule has 6 heteroatoms. The van der Waals surface area contributed by atoms with Gasteiger partial charge in [0.2, 0.25) is 11.8 Å². The normalized spacial score (nSPS) is 39.2. The maximum absolute atomic E-state index is 12.9. The van der Waals surface area contributed by atoms with Crippen LogP contribution in [0, 0.1) is 23.7 Å². The Labute approximate surface area is 152 Å². The van der Waals surface area contributed by atoms with Crippen LogP contribution in [0.1, 0.15) is 44.8 Å². The molecule has 6 atom stereocenters. The van der Waals surface area contributed by atoms with Crippen molar-refractivity contribution in [3.63, 3.8) is 0 Å². The van der Waals surface area contributed by atoms with Crippen LogP contribution < -0.4 is 0 Å². The van der Waals surface area contributed by atoms with Gasteiger partial charge in [0.15, 0.2) is 5.79 Å². The molecule has 2 saturated heterocycles. The Morgan fingerprint density at radius 1 is 1.27 bits per heavy atom. The molecule has 26 heavy (non-hydrogen) atoms. The van der Waals surface area contributed by atoms with E-state index in [0.29, 0.717) is 19.4 Å². The van der Waals surface area contributed by atoms with Gasteiger partial charge in [0.05, 0.1) is 17.9 Å². The molecule has 140 valence electrons. The molecule has 1 aromatic carbocycles. The van der Waals surface area contributed by atoms with Crippen LogP contribution in [-0.4, -0.2) is 39.3 Å². The minimum Gasteiger partial charge on any atom is -0.508 e. The number of hydrogen-bond acceptors (Lipinski definition) is 5. The third-order valence-electron chi connectivity index (χ3n) is 6.33. The summed E-state index contributed by atoms with van der Waals surface area (Å²) in [6, 6.07) is 6.79. The van der Waals surface area contributed by atoms with Crippen molar-refractivity contribution in [3.05, 3.63) is 29.8 Å². The summed E-state index contributed by atoms with van der Waals surface area (Å²) in [6.07, 6.45) is 1.24. The van der Waals surface area contributed by atoms with E-state index < -0.39 is 23.7 Å². The Bertz CT molecular complexity index is 749. The molecule has 2 heterocycles. The molecule has 1 aliphatic carbocycles. The third kappa shape index (κ3) is 2.39. The first kappa shape index (κ1) is 17.5. The van der Waals surface area contributed by atoms with Crippen molar-refractivity contribution in [3.8, 4) is 5.75 Å². The molecule has 2 amide bonds. The van der Waals surface area contributed by atoms with Crippen LogP contribution in [0.2, 0.25) is 0 Å². The fourth-order valence-electron chi connectivity index (χ4n) is 5.09. The molecule has 3 aliphatic rings. The smallest absolute Gasteiger partial charge is 0.233 e. The van der Waals surface area contributed by atoms with Crippen molar-refractivity contribution in [1.82, 2.24) is 4.90 Å². The lowest BCUT2D eigenvalue weighted by Crippen LogP contribution is -2.52. The second-order valence-electron chi connectivity index (χ2n) is 7.89. The molecule has 4 rings (SSSR count). The van der Waals surface area contributed by atoms with Gasteiger partial charge >= 0.3 is 0 Å². The second kappa shape index (κ2) is 6.06. The highest BCUT2D eigenvalue weighted by atomic mass is 16.6. The van der Waals surface area contributed by atoms with Crippen molar-refractivity contribution in [2.24, 2.45) is 23.7 Å². The molecular formula is C20H25NO5. The average Bonchev–Trinajstić information content (AvgIpc) is 3.07. The lowest BCUT2D eigenvalue weighted by Gasteiger charge is -2.43. The van der Waals surface area contributed by atoms with Crippen LogP contribution in [-0.2, 0) is 14.3 Å². The predicted molar refractivity (Wildman–Crippen MR) is 92.8 cm³/mol. The number of rotatable bonds is 3. The molecule has 0 bridgehead atoms. The average molecular weight is 359 g/mol. The number of aromatic hydroxyl groups is 1. The zero-order chi connectivity index (χ0) is 18.6. The van der Waals surface area contributed by atoms with Crippen LogP contribution in [0.5, 0.6) is 5.75 Å². The first-order valence-corrected chi connectivity index (χ1v) is 9.41. The van der Waals surface area contributed by atoms with E-state index in [0.717, 1.165) is 12.0 Å². The van der Waals surface area contributed by atoms with Gasteiger partial charge in [-0.3, -0.25) is 14.5 Å². The number of likely N-dealkylation sites (tertiary alicyclic amines) is 1. The fraction of sp³-hybridized carbons (Fsp3) is 0.600. The summed E-state index contributed by atoms with van der Waals surface area (Å²) in [6.45, 7) is 4.26. The van der Waals surface area contributed by atoms with Gasteiger partial charge in [-0.2, -0.15) is 0 Å². The van der Waals surface area contributed by atoms with Gasteiger partial charge in [-0.15, -0.1) is 0 Å². The Kier molecular flexibility index (Phi) is 4.08. The van der Waals surface area contributed by atoms with E-state index in [1.54, 1.807) is 18.2 Å². The number of carbonyl (C=O) groups is 2. The number of aliphatic hydroxyl groups is 1. The summed E-state index contributed by atoms with van der Waals surface area (Å²) in [5, 5.41) is 21.0. The van der Waals surface area contributed by atoms with Crippen molar-refractivity contribution in [1.29, 1.82) is 0 Å². The van der Waals surface area contributed by atoms with Gasteiger partial charge in [0, 0.05) is 18.4 Å². The number of hydrogen-bond donors (Lipinski definition) is 2. The zero-order valence-corrected chi connectivity index (χ0v) is 15.1. The Hall–Kier alpha value is -1.92. The lowest BCUT2D eigenvalue weighted by atomic mass is 9.65. The number of ether oxygens (including phenoxy) is 1. The first-order valence-electron chi connectivity index (χ1n) is 9.41. The number of phenols is 1. The SMILES string of the molecule is CCCN1C(=O)[C@H]2[C@H](C[C@H](C)[C@@]3(O)O[C@H](c4cccc(O)c4)C[C@@H]23)C1=O. The van der Waals surface area contributed by atoms with Gasteiger partial charge in [0.25, 0.3) is 0 Å². The molecule has 1 aromatic rings. The number of imide groups is 1. The minimum atomic E-state index is -1.42. The van der Waals surface area contributed by atoms with E-state index >= 15 is 0 Å². The highest BCUT2D eigenvalue weighted by Crippen LogP contribution is 2.58. The van der Waals surface area contributed by atoms with Crippen LogP contribution in [0.25, 0.3) is 0 Å². The highest BCUT2D eigenvalue weighted by Gasteiger charge is 2.65. The largest absolute Gasteiger partial charge is 0.508 e. The molecule has 0 aromatic heterocycles. The van der Waals surface area contributed by atoms with Gasteiger partial charge < -0.3 is 14.9 Å². The maximum Gasteiger partial charge on any atom is 0.233 e. The van der Waals surface area contributed by atoms with E-state index in [9.17, 15) is 19.8 Å². The van der Waals surface area contributed by atoms with E-state index in [1.807, 2.05) is 19.9 Å².